The van der Waals surface area contributed by atoms with Gasteiger partial charge in [0.05, 0.1) is 24.6 Å². The van der Waals surface area contributed by atoms with Gasteiger partial charge in [0.1, 0.15) is 31.6 Å². The number of ether oxygens (including phenoxy) is 3. The number of nitrogens with one attached hydrogen (secondary N) is 4. The van der Waals surface area contributed by atoms with Crippen LogP contribution in [0, 0.1) is 5.92 Å². The Morgan fingerprint density at radius 1 is 0.825 bits per heavy atom. The lowest BCUT2D eigenvalue weighted by Crippen LogP contribution is -2.47. The summed E-state index contributed by atoms with van der Waals surface area (Å²) >= 11 is 0. The number of aromatic nitrogens is 1. The second kappa shape index (κ2) is 20.5. The summed E-state index contributed by atoms with van der Waals surface area (Å²) in [6, 6.07) is 32.0. The molecule has 296 valence electrons. The van der Waals surface area contributed by atoms with Crippen molar-refractivity contribution < 1.29 is 38.5 Å². The molecule has 0 spiro atoms. The summed E-state index contributed by atoms with van der Waals surface area (Å²) in [6.07, 6.45) is 5.30. The topological polar surface area (TPSA) is 168 Å². The maximum absolute atomic E-state index is 13.9. The predicted molar refractivity (Wildman–Crippen MR) is 215 cm³/mol. The molecule has 0 saturated carbocycles. The Labute approximate surface area is 331 Å². The molecule has 0 saturated heterocycles. The van der Waals surface area contributed by atoms with Crippen LogP contribution in [0.5, 0.6) is 5.75 Å². The zero-order valence-electron chi connectivity index (χ0n) is 31.6. The number of aliphatic hydroxyl groups is 1. The monoisotopic (exact) mass is 772 g/mol. The number of benzene rings is 4. The standard InChI is InChI=1S/C45H48N4O8/c50-27-36(23-31-19-21-38(22-20-31)55-28-32-11-3-1-4-12-32)47-42(51)25-34-15-7-9-18-41(49-45(54)57-29-33-13-5-2-6-14-33)44(53)56-30-37(48-43(34)52)24-35-26-46-40-17-10-8-16-39(35)40/h1-14,16-17,19-22,26,34,36-37,41,46,50H,15,18,23-25,27-30H2,(H,47,51)(H,48,52)(H,49,54)/t34-,36+,37+,41-/m1/s1. The van der Waals surface area contributed by atoms with Crippen molar-refractivity contribution in [2.45, 2.75) is 63.4 Å². The molecule has 57 heavy (non-hydrogen) atoms. The number of alkyl carbamates (subject to hydrolysis) is 1. The third-order valence-electron chi connectivity index (χ3n) is 9.70. The molecule has 3 amide bonds. The molecule has 4 atom stereocenters. The summed E-state index contributed by atoms with van der Waals surface area (Å²) < 4.78 is 17.0. The molecule has 0 aliphatic carbocycles. The molecule has 1 aliphatic rings. The van der Waals surface area contributed by atoms with Crippen LogP contribution in [0.25, 0.3) is 10.9 Å². The van der Waals surface area contributed by atoms with Crippen LogP contribution in [0.4, 0.5) is 4.79 Å². The van der Waals surface area contributed by atoms with Crippen LogP contribution < -0.4 is 20.7 Å². The molecule has 5 N–H and O–H groups in total. The van der Waals surface area contributed by atoms with Crippen molar-refractivity contribution in [2.75, 3.05) is 13.2 Å². The number of para-hydroxylation sites is 1. The molecule has 2 heterocycles. The summed E-state index contributed by atoms with van der Waals surface area (Å²) in [5, 5.41) is 19.7. The van der Waals surface area contributed by atoms with E-state index < -0.39 is 42.0 Å². The number of rotatable bonds is 14. The molecular formula is C45H48N4O8. The lowest BCUT2D eigenvalue weighted by molar-refractivity contribution is -0.147. The van der Waals surface area contributed by atoms with E-state index >= 15 is 0 Å². The Balaban J connectivity index is 1.10. The van der Waals surface area contributed by atoms with Gasteiger partial charge in [0.25, 0.3) is 0 Å². The van der Waals surface area contributed by atoms with Crippen LogP contribution >= 0.6 is 0 Å². The number of aliphatic hydroxyl groups excluding tert-OH is 1. The summed E-state index contributed by atoms with van der Waals surface area (Å²) in [5.74, 6) is -1.50. The van der Waals surface area contributed by atoms with Gasteiger partial charge in [-0.3, -0.25) is 9.59 Å². The van der Waals surface area contributed by atoms with E-state index in [0.29, 0.717) is 25.2 Å². The average Bonchev–Trinajstić information content (AvgIpc) is 3.64. The Bertz CT molecular complexity index is 2100. The third-order valence-corrected chi connectivity index (χ3v) is 9.70. The molecule has 12 nitrogen and oxygen atoms in total. The Kier molecular flexibility index (Phi) is 14.5. The highest BCUT2D eigenvalue weighted by molar-refractivity contribution is 5.87. The van der Waals surface area contributed by atoms with E-state index in [0.717, 1.165) is 33.2 Å². The minimum atomic E-state index is -1.05. The highest BCUT2D eigenvalue weighted by Crippen LogP contribution is 2.21. The van der Waals surface area contributed by atoms with Gasteiger partial charge in [0, 0.05) is 23.5 Å². The van der Waals surface area contributed by atoms with Gasteiger partial charge >= 0.3 is 12.1 Å². The van der Waals surface area contributed by atoms with E-state index in [4.69, 9.17) is 14.2 Å². The molecule has 0 fully saturated rings. The first-order valence-electron chi connectivity index (χ1n) is 19.1. The van der Waals surface area contributed by atoms with E-state index in [1.54, 1.807) is 12.2 Å². The van der Waals surface area contributed by atoms with Gasteiger partial charge in [-0.2, -0.15) is 0 Å². The lowest BCUT2D eigenvalue weighted by atomic mass is 9.97. The quantitative estimate of drug-likeness (QED) is 0.0709. The van der Waals surface area contributed by atoms with Gasteiger partial charge in [0.2, 0.25) is 11.8 Å². The number of H-pyrrole nitrogens is 1. The van der Waals surface area contributed by atoms with E-state index in [1.807, 2.05) is 115 Å². The fraction of sp³-hybridized carbons (Fsp3) is 0.289. The number of aromatic amines is 1. The Morgan fingerprint density at radius 2 is 1.51 bits per heavy atom. The van der Waals surface area contributed by atoms with Gasteiger partial charge in [-0.1, -0.05) is 103 Å². The smallest absolute Gasteiger partial charge is 0.408 e. The molecular weight excluding hydrogens is 725 g/mol. The molecule has 1 aromatic heterocycles. The van der Waals surface area contributed by atoms with Gasteiger partial charge in [0.15, 0.2) is 0 Å². The zero-order chi connectivity index (χ0) is 39.8. The van der Waals surface area contributed by atoms with Crippen molar-refractivity contribution in [2.24, 2.45) is 5.92 Å². The molecule has 6 rings (SSSR count). The van der Waals surface area contributed by atoms with Crippen LogP contribution in [0.3, 0.4) is 0 Å². The highest BCUT2D eigenvalue weighted by atomic mass is 16.6. The van der Waals surface area contributed by atoms with Crippen molar-refractivity contribution in [1.29, 1.82) is 0 Å². The number of hydrogen-bond donors (Lipinski definition) is 5. The lowest BCUT2D eigenvalue weighted by Gasteiger charge is -2.25. The molecule has 0 bridgehead atoms. The summed E-state index contributed by atoms with van der Waals surface area (Å²) in [4.78, 5) is 56.6. The molecule has 0 unspecified atom stereocenters. The third kappa shape index (κ3) is 12.3. The van der Waals surface area contributed by atoms with Gasteiger partial charge in [-0.05, 0) is 66.1 Å². The number of fused-ring (bicyclic) bond motifs is 1. The molecule has 5 aromatic rings. The number of carbonyl (C=O) groups excluding carboxylic acids is 4. The maximum Gasteiger partial charge on any atom is 0.408 e. The van der Waals surface area contributed by atoms with Crippen LogP contribution in [-0.4, -0.2) is 65.3 Å². The minimum Gasteiger partial charge on any atom is -0.489 e. The largest absolute Gasteiger partial charge is 0.489 e. The second-order valence-corrected chi connectivity index (χ2v) is 14.1. The fourth-order valence-electron chi connectivity index (χ4n) is 6.64. The van der Waals surface area contributed by atoms with E-state index in [-0.39, 0.29) is 45.0 Å². The SMILES string of the molecule is O=C(C[C@H]1CC=CC[C@@H](NC(=O)OCc2ccccc2)C(=O)OC[C@H](Cc2c[nH]c3ccccc23)NC1=O)N[C@H](CO)Cc1ccc(OCc2ccccc2)cc1. The van der Waals surface area contributed by atoms with Crippen molar-refractivity contribution >= 4 is 34.8 Å². The molecule has 4 aromatic carbocycles. The highest BCUT2D eigenvalue weighted by Gasteiger charge is 2.29. The number of amides is 3. The molecule has 0 radical (unpaired) electrons. The van der Waals surface area contributed by atoms with Crippen LogP contribution in [0.1, 0.15) is 41.5 Å². The van der Waals surface area contributed by atoms with E-state index in [9.17, 15) is 24.3 Å². The number of carbonyl (C=O) groups is 4. The Hall–Kier alpha value is -6.40. The molecule has 12 heteroatoms. The number of allylic oxidation sites excluding steroid dienone is 1. The van der Waals surface area contributed by atoms with Gasteiger partial charge in [-0.25, -0.2) is 9.59 Å². The minimum absolute atomic E-state index is 0.0281. The predicted octanol–water partition coefficient (Wildman–Crippen LogP) is 5.69. The maximum atomic E-state index is 13.9. The first-order chi connectivity index (χ1) is 27.8. The first kappa shape index (κ1) is 40.3. The second-order valence-electron chi connectivity index (χ2n) is 14.1. The Morgan fingerprint density at radius 3 is 2.25 bits per heavy atom. The summed E-state index contributed by atoms with van der Waals surface area (Å²) in [7, 11) is 0. The van der Waals surface area contributed by atoms with Gasteiger partial charge < -0.3 is 40.3 Å². The first-order valence-corrected chi connectivity index (χ1v) is 19.1. The molecule has 1 aliphatic heterocycles. The van der Waals surface area contributed by atoms with Gasteiger partial charge in [-0.15, -0.1) is 0 Å². The fourth-order valence-corrected chi connectivity index (χ4v) is 6.64. The number of cyclic esters (lactones) is 1. The van der Waals surface area contributed by atoms with Crippen molar-refractivity contribution in [3.8, 4) is 5.75 Å². The van der Waals surface area contributed by atoms with Crippen LogP contribution in [0.2, 0.25) is 0 Å². The average molecular weight is 773 g/mol. The van der Waals surface area contributed by atoms with E-state index in [1.165, 1.54) is 0 Å². The number of esters is 1. The van der Waals surface area contributed by atoms with Crippen molar-refractivity contribution in [3.63, 3.8) is 0 Å². The summed E-state index contributed by atoms with van der Waals surface area (Å²) in [6.45, 7) is -0.00238. The summed E-state index contributed by atoms with van der Waals surface area (Å²) in [5.41, 5.74) is 4.59. The van der Waals surface area contributed by atoms with Crippen LogP contribution in [-0.2, 0) is 49.9 Å². The number of hydrogen-bond acceptors (Lipinski definition) is 8. The van der Waals surface area contributed by atoms with Crippen molar-refractivity contribution in [1.82, 2.24) is 20.9 Å². The zero-order valence-corrected chi connectivity index (χ0v) is 31.6. The van der Waals surface area contributed by atoms with Crippen molar-refractivity contribution in [3.05, 3.63) is 150 Å². The van der Waals surface area contributed by atoms with Crippen LogP contribution in [0.15, 0.2) is 128 Å². The normalized spacial score (nSPS) is 17.9. The van der Waals surface area contributed by atoms with E-state index in [2.05, 4.69) is 20.9 Å².